The molecule has 4 saturated heterocycles. The van der Waals surface area contributed by atoms with Gasteiger partial charge in [-0.3, -0.25) is 47.9 Å². The zero-order valence-electron chi connectivity index (χ0n) is 68.3. The summed E-state index contributed by atoms with van der Waals surface area (Å²) < 4.78 is 67.7. The molecule has 4 aliphatic heterocycles. The van der Waals surface area contributed by atoms with Crippen molar-refractivity contribution in [2.24, 2.45) is 29.6 Å². The number of rotatable bonds is 59. The second kappa shape index (κ2) is 55.6. The highest BCUT2D eigenvalue weighted by Crippen LogP contribution is 2.36. The van der Waals surface area contributed by atoms with E-state index in [1.807, 2.05) is 6.92 Å². The van der Waals surface area contributed by atoms with Crippen LogP contribution in [-0.4, -0.2) is 372 Å². The van der Waals surface area contributed by atoms with Crippen molar-refractivity contribution in [1.82, 2.24) is 31.9 Å². The number of amides is 6. The van der Waals surface area contributed by atoms with Gasteiger partial charge in [-0.05, 0) is 63.2 Å². The first-order valence-electron chi connectivity index (χ1n) is 41.1. The van der Waals surface area contributed by atoms with Gasteiger partial charge in [0.25, 0.3) is 0 Å². The lowest BCUT2D eigenvalue weighted by Crippen LogP contribution is -2.64. The summed E-state index contributed by atoms with van der Waals surface area (Å²) in [4.78, 5) is 135. The van der Waals surface area contributed by atoms with Gasteiger partial charge in [-0.1, -0.05) is 27.2 Å². The number of nitrogens with one attached hydrogen (secondary N) is 6. The van der Waals surface area contributed by atoms with Crippen molar-refractivity contribution in [3.05, 3.63) is 0 Å². The Bertz CT molecular complexity index is 3000. The van der Waals surface area contributed by atoms with Crippen molar-refractivity contribution in [2.75, 3.05) is 119 Å². The van der Waals surface area contributed by atoms with E-state index >= 15 is 0 Å². The van der Waals surface area contributed by atoms with Crippen LogP contribution < -0.4 is 31.9 Å². The van der Waals surface area contributed by atoms with Crippen LogP contribution in [0.1, 0.15) is 150 Å². The third-order valence-electron chi connectivity index (χ3n) is 21.5. The van der Waals surface area contributed by atoms with Gasteiger partial charge >= 0.3 is 0 Å². The topological polar surface area (TPSA) is 617 Å². The summed E-state index contributed by atoms with van der Waals surface area (Å²) in [6.45, 7) is 4.14. The minimum Gasteiger partial charge on any atom is -0.394 e. The number of carbonyl (C=O) groups excluding carboxylic acids is 10. The first-order chi connectivity index (χ1) is 56.4. The van der Waals surface area contributed by atoms with Crippen molar-refractivity contribution >= 4 is 58.6 Å². The molecule has 4 heterocycles. The van der Waals surface area contributed by atoms with E-state index in [2.05, 4.69) is 31.9 Å². The maximum atomic E-state index is 14.8. The molecule has 0 spiro atoms. The van der Waals surface area contributed by atoms with Gasteiger partial charge < -0.3 is 155 Å². The maximum absolute atomic E-state index is 14.8. The van der Waals surface area contributed by atoms with Crippen LogP contribution in [0.2, 0.25) is 0 Å². The second-order valence-electron chi connectivity index (χ2n) is 30.7. The summed E-state index contributed by atoms with van der Waals surface area (Å²) in [7, 11) is 0. The van der Waals surface area contributed by atoms with E-state index in [-0.39, 0.29) is 199 Å². The fraction of sp³-hybridized carbons (Fsp3) is 0.870. The Morgan fingerprint density at radius 2 is 0.831 bits per heavy atom. The lowest BCUT2D eigenvalue weighted by atomic mass is 9.92. The molecule has 9 unspecified atom stereocenters. The molecule has 6 amide bonds. The molecule has 19 N–H and O–H groups in total. The first-order valence-corrected chi connectivity index (χ1v) is 41.1. The van der Waals surface area contributed by atoms with Crippen LogP contribution in [0.5, 0.6) is 0 Å². The second-order valence-corrected chi connectivity index (χ2v) is 30.7. The molecule has 1 saturated carbocycles. The molecule has 26 atom stereocenters. The van der Waals surface area contributed by atoms with Crippen LogP contribution in [0.4, 0.5) is 0 Å². The number of ether oxygens (including phenoxy) is 12. The molecular weight excluding hydrogens is 1570 g/mol. The van der Waals surface area contributed by atoms with Crippen LogP contribution >= 0.6 is 0 Å². The van der Waals surface area contributed by atoms with E-state index in [0.717, 1.165) is 6.42 Å². The van der Waals surface area contributed by atoms with E-state index < -0.39 is 233 Å². The fourth-order valence-corrected chi connectivity index (χ4v) is 14.5. The highest BCUT2D eigenvalue weighted by Gasteiger charge is 2.48. The Morgan fingerprint density at radius 1 is 0.407 bits per heavy atom. The van der Waals surface area contributed by atoms with Crippen molar-refractivity contribution in [3.8, 4) is 0 Å². The predicted molar refractivity (Wildman–Crippen MR) is 407 cm³/mol. The Morgan fingerprint density at radius 3 is 1.31 bits per heavy atom. The molecule has 5 aliphatic rings. The Balaban J connectivity index is 1.27. The molecule has 118 heavy (non-hydrogen) atoms. The monoisotopic (exact) mass is 1700 g/mol. The Labute approximate surface area is 686 Å². The van der Waals surface area contributed by atoms with Gasteiger partial charge in [0.15, 0.2) is 30.9 Å². The van der Waals surface area contributed by atoms with E-state index in [1.54, 1.807) is 13.8 Å². The minimum atomic E-state index is -1.57. The van der Waals surface area contributed by atoms with E-state index in [4.69, 9.17) is 56.8 Å². The number of hydrogen-bond acceptors (Lipinski definition) is 35. The van der Waals surface area contributed by atoms with Crippen LogP contribution in [0.15, 0.2) is 0 Å². The van der Waals surface area contributed by atoms with Crippen LogP contribution in [0, 0.1) is 29.6 Å². The van der Waals surface area contributed by atoms with Gasteiger partial charge in [0.2, 0.25) is 35.4 Å². The molecular formula is C77H132N6O35. The summed E-state index contributed by atoms with van der Waals surface area (Å²) in [6, 6.07) is -5.18. The minimum absolute atomic E-state index is 0.0000452. The third kappa shape index (κ3) is 35.4. The molecule has 0 aromatic heterocycles. The molecule has 680 valence electrons. The average molecular weight is 1700 g/mol. The van der Waals surface area contributed by atoms with Crippen LogP contribution in [-0.2, 0) is 105 Å². The standard InChI is InChI=1S/C77H132N6O35/c1-6-46-34-48(55(94)35-46)37-51(92)11-7-10-50(91)36-47(72(105)83-53(73(106)79-21-25-110-28-31-112-75-43(3)65(98)67(100)57(39-85)116-75)16-15-49(90)12-8-22-107-26-30-111-74-42(2)64(97)66(99)56(38-84)115-74)14-18-61(96)82-52(54(93)13-9-23-108-27-32-113-76-62(80-44(4)88)70(103)68(101)58(40-86)117-76)17-19-60(95)78-20-24-109-29-33-114-77-63(81-45(5)89)71(104)69(102)59(41-87)118-77/h42-43,46-48,52-53,55-59,62-71,74-77,84-87,94,97-104H,6-41H2,1-5H3,(H,78,95)(H,79,106)(H,80,88)(H,81,89)(H,82,96)(H,83,105)/t42-,43-,46?,47?,48?,52-,53?,55?,56-,57-,58-,59-,62-,63-,64-,65-,66+,67+,68+,69+,70-,71-,74?,75?,76?,77?/m1/s1. The lowest BCUT2D eigenvalue weighted by molar-refractivity contribution is -0.284. The SMILES string of the molecule is CCC1CC(O)C(CC(=O)CCCC(=O)CC(CCC(=O)N[C@H](CCC(=O)NCCOCCOC2O[C@H](CO)[C@H](O)[C@H](O)[C@H]2NC(C)=O)C(=O)CCCOCCOC2O[C@H](CO)[C@H](O)[C@H](O)[C@H]2NC(C)=O)C(=O)NC(CCC(=O)CCCOCCOC2O[C@H](CO)[C@H](O)[C@H](O)[C@H]2C)C(=O)NCCOCCOC2O[C@H](CO)[C@H](O)[C@H](O)[C@H]2C)C1. The maximum Gasteiger partial charge on any atom is 0.242 e. The number of Topliss-reactive ketones (excluding diaryl/α,β-unsaturated/α-hetero) is 4. The number of carbonyl (C=O) groups is 10. The van der Waals surface area contributed by atoms with Crippen molar-refractivity contribution in [2.45, 2.75) is 279 Å². The van der Waals surface area contributed by atoms with E-state index in [9.17, 15) is 114 Å². The molecule has 0 radical (unpaired) electrons. The summed E-state index contributed by atoms with van der Waals surface area (Å²) in [5.41, 5.74) is 0. The highest BCUT2D eigenvalue weighted by molar-refractivity contribution is 5.93. The van der Waals surface area contributed by atoms with Gasteiger partial charge in [0.05, 0.1) is 117 Å². The van der Waals surface area contributed by atoms with Crippen molar-refractivity contribution < 1.29 is 171 Å². The Kier molecular flexibility index (Phi) is 48.5. The zero-order valence-corrected chi connectivity index (χ0v) is 68.3. The van der Waals surface area contributed by atoms with Gasteiger partial charge in [-0.15, -0.1) is 0 Å². The first kappa shape index (κ1) is 103. The number of ketones is 4. The third-order valence-corrected chi connectivity index (χ3v) is 21.5. The van der Waals surface area contributed by atoms with E-state index in [0.29, 0.717) is 12.8 Å². The molecule has 5 fully saturated rings. The average Bonchev–Trinajstić information content (AvgIpc) is 1.55. The smallest absolute Gasteiger partial charge is 0.242 e. The number of aliphatic hydroxyl groups excluding tert-OH is 13. The number of hydrogen-bond donors (Lipinski definition) is 19. The van der Waals surface area contributed by atoms with Crippen molar-refractivity contribution in [3.63, 3.8) is 0 Å². The summed E-state index contributed by atoms with van der Waals surface area (Å²) in [6.07, 6.45) is -21.4. The van der Waals surface area contributed by atoms with Crippen LogP contribution in [0.25, 0.3) is 0 Å². The summed E-state index contributed by atoms with van der Waals surface area (Å²) in [5.74, 6) is -8.24. The van der Waals surface area contributed by atoms with Gasteiger partial charge in [-0.2, -0.15) is 0 Å². The van der Waals surface area contributed by atoms with Gasteiger partial charge in [-0.25, -0.2) is 0 Å². The Hall–Kier alpha value is -5.50. The molecule has 1 aliphatic carbocycles. The molecule has 0 bridgehead atoms. The lowest BCUT2D eigenvalue weighted by Gasteiger charge is -2.42. The molecule has 5 rings (SSSR count). The predicted octanol–water partition coefficient (Wildman–Crippen LogP) is -6.10. The highest BCUT2D eigenvalue weighted by atomic mass is 16.7. The van der Waals surface area contributed by atoms with Gasteiger partial charge in [0, 0.05) is 116 Å². The fourth-order valence-electron chi connectivity index (χ4n) is 14.5. The number of aliphatic hydroxyl groups is 13. The summed E-state index contributed by atoms with van der Waals surface area (Å²) >= 11 is 0. The molecule has 0 aromatic carbocycles. The zero-order chi connectivity index (χ0) is 87.0. The normalized spacial score (nSPS) is 30.5. The van der Waals surface area contributed by atoms with E-state index in [1.165, 1.54) is 13.8 Å². The molecule has 41 nitrogen and oxygen atoms in total. The quantitative estimate of drug-likeness (QED) is 0.0252. The molecule has 41 heteroatoms. The van der Waals surface area contributed by atoms with Crippen molar-refractivity contribution in [1.29, 1.82) is 0 Å². The van der Waals surface area contributed by atoms with Gasteiger partial charge in [0.1, 0.15) is 96.5 Å². The molecule has 0 aromatic rings. The van der Waals surface area contributed by atoms with Crippen LogP contribution in [0.3, 0.4) is 0 Å². The largest absolute Gasteiger partial charge is 0.394 e. The summed E-state index contributed by atoms with van der Waals surface area (Å²) in [5, 5.41) is 148.